The number of amides is 2. The Bertz CT molecular complexity index is 493. The topological polar surface area (TPSA) is 63.7 Å². The molecule has 1 fully saturated rings. The lowest BCUT2D eigenvalue weighted by Gasteiger charge is -2.24. The Labute approximate surface area is 133 Å². The number of thioether (sulfide) groups is 1. The zero-order valence-corrected chi connectivity index (χ0v) is 13.6. The van der Waals surface area contributed by atoms with Gasteiger partial charge in [-0.15, -0.1) is 0 Å². The van der Waals surface area contributed by atoms with Gasteiger partial charge in [-0.2, -0.15) is 11.8 Å². The van der Waals surface area contributed by atoms with Crippen LogP contribution in [0.1, 0.15) is 19.3 Å². The average molecular weight is 332 g/mol. The van der Waals surface area contributed by atoms with E-state index in [4.69, 9.17) is 16.3 Å². The summed E-state index contributed by atoms with van der Waals surface area (Å²) in [5, 5.41) is 0.609. The maximum absolute atomic E-state index is 12.5. The van der Waals surface area contributed by atoms with E-state index >= 15 is 0 Å². The number of allylic oxidation sites excluding steroid dienone is 2. The standard InChI is InChI=1S/C14H18ClNO4S/c1-20-14(19)11(5-6-21-2)16-12(17)9-4-3-8(15)7-10(9)13(16)18/h3,9-11H,4-7H2,1-2H3/t9-,10-,11+/m0/s1. The summed E-state index contributed by atoms with van der Waals surface area (Å²) in [6.45, 7) is 0. The molecule has 0 N–H and O–H groups in total. The molecule has 1 saturated heterocycles. The number of rotatable bonds is 5. The predicted octanol–water partition coefficient (Wildman–Crippen LogP) is 1.80. The first-order valence-corrected chi connectivity index (χ1v) is 8.56. The van der Waals surface area contributed by atoms with Crippen LogP contribution in [0.2, 0.25) is 0 Å². The number of nitrogens with zero attached hydrogens (tertiary/aromatic N) is 1. The van der Waals surface area contributed by atoms with Crippen LogP contribution in [0.5, 0.6) is 0 Å². The third-order valence-corrected chi connectivity index (χ3v) is 4.94. The lowest BCUT2D eigenvalue weighted by atomic mass is 9.85. The maximum atomic E-state index is 12.5. The molecule has 1 heterocycles. The molecule has 0 aromatic carbocycles. The summed E-state index contributed by atoms with van der Waals surface area (Å²) < 4.78 is 4.76. The zero-order chi connectivity index (χ0) is 15.6. The van der Waals surface area contributed by atoms with Gasteiger partial charge < -0.3 is 4.74 Å². The Morgan fingerprint density at radius 2 is 2.14 bits per heavy atom. The highest BCUT2D eigenvalue weighted by Crippen LogP contribution is 2.40. The number of hydrogen-bond donors (Lipinski definition) is 0. The van der Waals surface area contributed by atoms with Gasteiger partial charge in [0, 0.05) is 5.03 Å². The van der Waals surface area contributed by atoms with E-state index in [0.717, 1.165) is 4.90 Å². The van der Waals surface area contributed by atoms with Gasteiger partial charge in [0.2, 0.25) is 11.8 Å². The summed E-state index contributed by atoms with van der Waals surface area (Å²) in [6.07, 6.45) is 4.94. The van der Waals surface area contributed by atoms with E-state index in [0.29, 0.717) is 30.0 Å². The molecule has 1 aliphatic carbocycles. The third kappa shape index (κ3) is 3.11. The van der Waals surface area contributed by atoms with Crippen LogP contribution in [0.15, 0.2) is 11.1 Å². The fourth-order valence-electron chi connectivity index (χ4n) is 2.88. The number of imide groups is 1. The van der Waals surface area contributed by atoms with Crippen molar-refractivity contribution in [3.05, 3.63) is 11.1 Å². The molecular weight excluding hydrogens is 314 g/mol. The van der Waals surface area contributed by atoms with Crippen molar-refractivity contribution in [1.82, 2.24) is 4.90 Å². The van der Waals surface area contributed by atoms with E-state index < -0.39 is 17.9 Å². The highest BCUT2D eigenvalue weighted by molar-refractivity contribution is 7.98. The molecule has 116 valence electrons. The fraction of sp³-hybridized carbons (Fsp3) is 0.643. The molecule has 21 heavy (non-hydrogen) atoms. The van der Waals surface area contributed by atoms with Gasteiger partial charge in [-0.05, 0) is 31.3 Å². The molecule has 0 aromatic rings. The van der Waals surface area contributed by atoms with Crippen molar-refractivity contribution in [3.63, 3.8) is 0 Å². The maximum Gasteiger partial charge on any atom is 0.329 e. The van der Waals surface area contributed by atoms with E-state index in [2.05, 4.69) is 0 Å². The number of halogens is 1. The normalized spacial score (nSPS) is 26.4. The van der Waals surface area contributed by atoms with Gasteiger partial charge in [0.1, 0.15) is 6.04 Å². The molecule has 3 atom stereocenters. The van der Waals surface area contributed by atoms with Gasteiger partial charge >= 0.3 is 5.97 Å². The van der Waals surface area contributed by atoms with E-state index in [1.54, 1.807) is 17.8 Å². The number of ether oxygens (including phenoxy) is 1. The molecule has 0 saturated carbocycles. The second kappa shape index (κ2) is 6.83. The van der Waals surface area contributed by atoms with Crippen LogP contribution in [0.3, 0.4) is 0 Å². The molecule has 0 aromatic heterocycles. The van der Waals surface area contributed by atoms with Gasteiger partial charge in [0.25, 0.3) is 0 Å². The Kier molecular flexibility index (Phi) is 5.32. The molecule has 0 unspecified atom stereocenters. The first-order valence-electron chi connectivity index (χ1n) is 6.79. The number of carbonyl (C=O) groups is 3. The largest absolute Gasteiger partial charge is 0.467 e. The van der Waals surface area contributed by atoms with Crippen LogP contribution in [-0.2, 0) is 19.1 Å². The quantitative estimate of drug-likeness (QED) is 0.568. The minimum atomic E-state index is -0.827. The van der Waals surface area contributed by atoms with Crippen molar-refractivity contribution in [2.75, 3.05) is 19.1 Å². The van der Waals surface area contributed by atoms with Crippen LogP contribution in [-0.4, -0.2) is 47.8 Å². The second-order valence-corrected chi connectivity index (χ2v) is 6.64. The molecular formula is C14H18ClNO4S. The van der Waals surface area contributed by atoms with E-state index in [-0.39, 0.29) is 17.7 Å². The Balaban J connectivity index is 2.23. The second-order valence-electron chi connectivity index (χ2n) is 5.17. The predicted molar refractivity (Wildman–Crippen MR) is 80.8 cm³/mol. The van der Waals surface area contributed by atoms with Crippen LogP contribution in [0.25, 0.3) is 0 Å². The summed E-state index contributed by atoms with van der Waals surface area (Å²) in [7, 11) is 1.27. The molecule has 2 amide bonds. The van der Waals surface area contributed by atoms with Crippen molar-refractivity contribution in [2.24, 2.45) is 11.8 Å². The molecule has 0 bridgehead atoms. The zero-order valence-electron chi connectivity index (χ0n) is 12.0. The van der Waals surface area contributed by atoms with Crippen LogP contribution in [0, 0.1) is 11.8 Å². The lowest BCUT2D eigenvalue weighted by molar-refractivity contribution is -0.157. The van der Waals surface area contributed by atoms with E-state index in [9.17, 15) is 14.4 Å². The Morgan fingerprint density at radius 3 is 2.76 bits per heavy atom. The first kappa shape index (κ1) is 16.4. The Morgan fingerprint density at radius 1 is 1.48 bits per heavy atom. The number of methoxy groups -OCH3 is 1. The first-order chi connectivity index (χ1) is 10.0. The highest BCUT2D eigenvalue weighted by Gasteiger charge is 2.52. The average Bonchev–Trinajstić information content (AvgIpc) is 2.71. The minimum Gasteiger partial charge on any atom is -0.467 e. The summed E-state index contributed by atoms with van der Waals surface area (Å²) in [6, 6.07) is -0.827. The fourth-order valence-corrected chi connectivity index (χ4v) is 3.59. The van der Waals surface area contributed by atoms with Crippen molar-refractivity contribution in [1.29, 1.82) is 0 Å². The van der Waals surface area contributed by atoms with Crippen LogP contribution < -0.4 is 0 Å². The van der Waals surface area contributed by atoms with Gasteiger partial charge in [-0.25, -0.2) is 4.79 Å². The number of hydrogen-bond acceptors (Lipinski definition) is 5. The third-order valence-electron chi connectivity index (χ3n) is 3.98. The summed E-state index contributed by atoms with van der Waals surface area (Å²) in [5.41, 5.74) is 0. The summed E-state index contributed by atoms with van der Waals surface area (Å²) >= 11 is 7.54. The number of likely N-dealkylation sites (tertiary alicyclic amines) is 1. The molecule has 1 aliphatic heterocycles. The summed E-state index contributed by atoms with van der Waals surface area (Å²) in [5.74, 6) is -1.26. The SMILES string of the molecule is COC(=O)[C@@H](CCSC)N1C(=O)[C@H]2CC=C(Cl)C[C@@H]2C1=O. The van der Waals surface area contributed by atoms with Crippen molar-refractivity contribution in [3.8, 4) is 0 Å². The van der Waals surface area contributed by atoms with Gasteiger partial charge in [-0.1, -0.05) is 17.7 Å². The van der Waals surface area contributed by atoms with Gasteiger partial charge in [0.05, 0.1) is 18.9 Å². The van der Waals surface area contributed by atoms with Crippen LogP contribution >= 0.6 is 23.4 Å². The van der Waals surface area contributed by atoms with Gasteiger partial charge in [-0.3, -0.25) is 14.5 Å². The van der Waals surface area contributed by atoms with Crippen molar-refractivity contribution in [2.45, 2.75) is 25.3 Å². The number of fused-ring (bicyclic) bond motifs is 1. The van der Waals surface area contributed by atoms with Gasteiger partial charge in [0.15, 0.2) is 0 Å². The van der Waals surface area contributed by atoms with Crippen LogP contribution in [0.4, 0.5) is 0 Å². The molecule has 2 rings (SSSR count). The highest BCUT2D eigenvalue weighted by atomic mass is 35.5. The number of esters is 1. The molecule has 5 nitrogen and oxygen atoms in total. The van der Waals surface area contributed by atoms with E-state index in [1.807, 2.05) is 6.26 Å². The van der Waals surface area contributed by atoms with Crippen molar-refractivity contribution < 1.29 is 19.1 Å². The smallest absolute Gasteiger partial charge is 0.329 e. The minimum absolute atomic E-state index is 0.276. The molecule has 2 aliphatic rings. The summed E-state index contributed by atoms with van der Waals surface area (Å²) in [4.78, 5) is 38.1. The molecule has 0 spiro atoms. The van der Waals surface area contributed by atoms with Crippen molar-refractivity contribution >= 4 is 41.1 Å². The Hall–Kier alpha value is -1.01. The molecule has 0 radical (unpaired) electrons. The monoisotopic (exact) mass is 331 g/mol. The number of carbonyl (C=O) groups excluding carboxylic acids is 3. The lowest BCUT2D eigenvalue weighted by Crippen LogP contribution is -2.46. The molecule has 7 heteroatoms. The van der Waals surface area contributed by atoms with E-state index in [1.165, 1.54) is 7.11 Å².